The van der Waals surface area contributed by atoms with Crippen LogP contribution in [0.25, 0.3) is 0 Å². The van der Waals surface area contributed by atoms with Crippen LogP contribution in [0.15, 0.2) is 24.3 Å². The second kappa shape index (κ2) is 11.2. The largest absolute Gasteiger partial charge is 1.00 e. The van der Waals surface area contributed by atoms with Gasteiger partial charge in [0.05, 0.1) is 0 Å². The summed E-state index contributed by atoms with van der Waals surface area (Å²) in [7, 11) is 0. The van der Waals surface area contributed by atoms with Crippen LogP contribution in [0.2, 0.25) is 0 Å². The minimum atomic E-state index is 0. The average molecular weight is 340 g/mol. The van der Waals surface area contributed by atoms with Gasteiger partial charge in [0.25, 0.3) is 0 Å². The summed E-state index contributed by atoms with van der Waals surface area (Å²) in [6, 6.07) is 7.65. The van der Waals surface area contributed by atoms with E-state index in [1.807, 2.05) is 18.2 Å². The fraction of sp³-hybridized carbons (Fsp3) is 0.571. The van der Waals surface area contributed by atoms with E-state index in [9.17, 15) is 5.11 Å². The molecular weight excluding hydrogens is 317 g/mol. The first-order chi connectivity index (χ1) is 7.34. The van der Waals surface area contributed by atoms with Gasteiger partial charge >= 0.3 is 68.9 Å². The van der Waals surface area contributed by atoms with Crippen LogP contribution in [0.5, 0.6) is 5.75 Å². The molecule has 0 saturated carbocycles. The van der Waals surface area contributed by atoms with E-state index < -0.39 is 0 Å². The van der Waals surface area contributed by atoms with Crippen molar-refractivity contribution in [3.05, 3.63) is 29.8 Å². The molecule has 1 nitrogen and oxygen atoms in total. The van der Waals surface area contributed by atoms with E-state index >= 15 is 0 Å². The molecule has 0 spiro atoms. The van der Waals surface area contributed by atoms with Crippen LogP contribution in [0, 0.1) is 0 Å². The van der Waals surface area contributed by atoms with Gasteiger partial charge in [0, 0.05) is 0 Å². The molecule has 1 aromatic rings. The molecule has 2 heteroatoms. The minimum Gasteiger partial charge on any atom is -1.00 e. The molecule has 1 aromatic carbocycles. The summed E-state index contributed by atoms with van der Waals surface area (Å²) in [6.07, 6.45) is 8.85. The zero-order chi connectivity index (χ0) is 10.9. The summed E-state index contributed by atoms with van der Waals surface area (Å²) in [5, 5.41) is 9.55. The Balaban J connectivity index is 0. The summed E-state index contributed by atoms with van der Waals surface area (Å²) in [4.78, 5) is 0. The minimum absolute atomic E-state index is 0. The monoisotopic (exact) mass is 340 g/mol. The first kappa shape index (κ1) is 17.1. The van der Waals surface area contributed by atoms with Gasteiger partial charge in [-0.15, -0.1) is 0 Å². The Morgan fingerprint density at radius 1 is 1.00 bits per heavy atom. The molecule has 0 radical (unpaired) electrons. The number of rotatable bonds is 7. The molecule has 86 valence electrons. The van der Waals surface area contributed by atoms with Crippen LogP contribution in [0.1, 0.15) is 52.4 Å². The number of aryl methyl sites for hydroxylation is 1. The molecule has 0 aromatic heterocycles. The van der Waals surface area contributed by atoms with Crippen LogP contribution < -0.4 is 68.9 Å². The SMILES string of the molecule is CCCCCCCCc1ccccc1O.[Cs+].[H-]. The molecule has 0 heterocycles. The summed E-state index contributed by atoms with van der Waals surface area (Å²) < 4.78 is 0. The van der Waals surface area contributed by atoms with Crippen molar-refractivity contribution in [3.63, 3.8) is 0 Å². The third-order valence-corrected chi connectivity index (χ3v) is 2.79. The molecule has 0 fully saturated rings. The molecule has 0 aliphatic heterocycles. The second-order valence-corrected chi connectivity index (χ2v) is 4.15. The topological polar surface area (TPSA) is 20.2 Å². The van der Waals surface area contributed by atoms with E-state index in [-0.39, 0.29) is 70.3 Å². The van der Waals surface area contributed by atoms with Gasteiger partial charge in [-0.2, -0.15) is 0 Å². The molecule has 0 amide bonds. The van der Waals surface area contributed by atoms with Crippen molar-refractivity contribution in [2.24, 2.45) is 0 Å². The molecule has 0 aliphatic rings. The van der Waals surface area contributed by atoms with Crippen molar-refractivity contribution >= 4 is 0 Å². The van der Waals surface area contributed by atoms with E-state index in [1.54, 1.807) is 6.07 Å². The third kappa shape index (κ3) is 7.41. The van der Waals surface area contributed by atoms with Gasteiger partial charge in [-0.3, -0.25) is 0 Å². The zero-order valence-electron chi connectivity index (χ0n) is 11.7. The first-order valence-corrected chi connectivity index (χ1v) is 6.11. The van der Waals surface area contributed by atoms with Crippen molar-refractivity contribution in [2.75, 3.05) is 0 Å². The van der Waals surface area contributed by atoms with Gasteiger partial charge in [0.1, 0.15) is 5.75 Å². The van der Waals surface area contributed by atoms with Gasteiger partial charge in [0.2, 0.25) is 0 Å². The number of unbranched alkanes of at least 4 members (excludes halogenated alkanes) is 5. The smallest absolute Gasteiger partial charge is 1.00 e. The summed E-state index contributed by atoms with van der Waals surface area (Å²) in [5.74, 6) is 0.450. The Morgan fingerprint density at radius 3 is 2.31 bits per heavy atom. The standard InChI is InChI=1S/C14H22O.Cs.H/c1-2-3-4-5-6-7-10-13-11-8-9-12-14(13)15;;/h8-9,11-12,15H,2-7,10H2,1H3;;/q;+1;-1. The molecule has 16 heavy (non-hydrogen) atoms. The van der Waals surface area contributed by atoms with Gasteiger partial charge < -0.3 is 6.53 Å². The molecule has 0 atom stereocenters. The van der Waals surface area contributed by atoms with Crippen LogP contribution in [-0.2, 0) is 6.42 Å². The summed E-state index contributed by atoms with van der Waals surface area (Å²) >= 11 is 0. The summed E-state index contributed by atoms with van der Waals surface area (Å²) in [6.45, 7) is 2.24. The Hall–Kier alpha value is 1.07. The maximum atomic E-state index is 9.55. The fourth-order valence-corrected chi connectivity index (χ4v) is 1.82. The van der Waals surface area contributed by atoms with Crippen LogP contribution >= 0.6 is 0 Å². The Kier molecular flexibility index (Phi) is 11.9. The fourth-order valence-electron chi connectivity index (χ4n) is 1.82. The molecule has 0 aliphatic carbocycles. The zero-order valence-corrected chi connectivity index (χ0v) is 17.0. The average Bonchev–Trinajstić information content (AvgIpc) is 2.25. The predicted octanol–water partition coefficient (Wildman–Crippen LogP) is 1.41. The van der Waals surface area contributed by atoms with Gasteiger partial charge in [-0.1, -0.05) is 57.2 Å². The second-order valence-electron chi connectivity index (χ2n) is 4.15. The van der Waals surface area contributed by atoms with Crippen molar-refractivity contribution < 1.29 is 75.4 Å². The molecule has 0 bridgehead atoms. The van der Waals surface area contributed by atoms with E-state index in [0.29, 0.717) is 5.75 Å². The molecular formula is C14H23CsO. The van der Waals surface area contributed by atoms with Gasteiger partial charge in [-0.05, 0) is 24.5 Å². The number of aromatic hydroxyl groups is 1. The normalized spacial score (nSPS) is 9.81. The van der Waals surface area contributed by atoms with Crippen molar-refractivity contribution in [1.82, 2.24) is 0 Å². The summed E-state index contributed by atoms with van der Waals surface area (Å²) in [5.41, 5.74) is 1.09. The van der Waals surface area contributed by atoms with Crippen molar-refractivity contribution in [3.8, 4) is 5.75 Å². The van der Waals surface area contributed by atoms with E-state index in [4.69, 9.17) is 0 Å². The van der Waals surface area contributed by atoms with Crippen LogP contribution in [-0.4, -0.2) is 5.11 Å². The maximum absolute atomic E-state index is 9.55. The molecule has 0 saturated heterocycles. The van der Waals surface area contributed by atoms with Crippen molar-refractivity contribution in [1.29, 1.82) is 0 Å². The van der Waals surface area contributed by atoms with Crippen LogP contribution in [0.3, 0.4) is 0 Å². The number of hydrogen-bond donors (Lipinski definition) is 1. The first-order valence-electron chi connectivity index (χ1n) is 6.11. The predicted molar refractivity (Wildman–Crippen MR) is 66.3 cm³/mol. The molecule has 1 rings (SSSR count). The molecule has 0 unspecified atom stereocenters. The van der Waals surface area contributed by atoms with Crippen LogP contribution in [0.4, 0.5) is 0 Å². The van der Waals surface area contributed by atoms with E-state index in [0.717, 1.165) is 12.0 Å². The maximum Gasteiger partial charge on any atom is 1.00 e. The van der Waals surface area contributed by atoms with Gasteiger partial charge in [0.15, 0.2) is 0 Å². The third-order valence-electron chi connectivity index (χ3n) is 2.79. The Bertz CT molecular complexity index is 279. The van der Waals surface area contributed by atoms with E-state index in [1.165, 1.54) is 38.5 Å². The van der Waals surface area contributed by atoms with Crippen molar-refractivity contribution in [2.45, 2.75) is 51.9 Å². The molecule has 1 N–H and O–H groups in total. The Morgan fingerprint density at radius 2 is 1.62 bits per heavy atom. The number of benzene rings is 1. The van der Waals surface area contributed by atoms with E-state index in [2.05, 4.69) is 6.92 Å². The number of phenolic OH excluding ortho intramolecular Hbond substituents is 1. The number of phenols is 1. The number of hydrogen-bond acceptors (Lipinski definition) is 1. The Labute approximate surface area is 160 Å². The quantitative estimate of drug-likeness (QED) is 0.745. The number of para-hydroxylation sites is 1. The van der Waals surface area contributed by atoms with Gasteiger partial charge in [-0.25, -0.2) is 0 Å².